The maximum absolute atomic E-state index is 12.9. The Bertz CT molecular complexity index is 1230. The molecule has 0 aromatic heterocycles. The molecule has 2 aromatic carbocycles. The van der Waals surface area contributed by atoms with Gasteiger partial charge in [-0.3, -0.25) is 0 Å². The highest BCUT2D eigenvalue weighted by atomic mass is 35.5. The molecule has 0 aliphatic carbocycles. The Kier molecular flexibility index (Phi) is 7.93. The molecule has 10 heteroatoms. The SMILES string of the molecule is CC(C)c1cc(Cl)cc(C(C)C)c1NC(=O)NS(=O)(=O)c1cccc(S(=O)(=O)C(C)(C)C)c1. The van der Waals surface area contributed by atoms with Crippen molar-refractivity contribution in [3.8, 4) is 0 Å². The number of sulfonamides is 1. The van der Waals surface area contributed by atoms with Gasteiger partial charge in [0.25, 0.3) is 10.0 Å². The maximum Gasteiger partial charge on any atom is 0.333 e. The highest BCUT2D eigenvalue weighted by molar-refractivity contribution is 7.93. The molecule has 0 radical (unpaired) electrons. The van der Waals surface area contributed by atoms with Gasteiger partial charge in [0.2, 0.25) is 0 Å². The summed E-state index contributed by atoms with van der Waals surface area (Å²) in [6, 6.07) is 7.47. The van der Waals surface area contributed by atoms with E-state index in [1.165, 1.54) is 39.0 Å². The minimum Gasteiger partial charge on any atom is -0.307 e. The summed E-state index contributed by atoms with van der Waals surface area (Å²) in [6.07, 6.45) is 0. The molecule has 0 spiro atoms. The third kappa shape index (κ3) is 6.07. The quantitative estimate of drug-likeness (QED) is 0.516. The molecule has 7 nitrogen and oxygen atoms in total. The van der Waals surface area contributed by atoms with Gasteiger partial charge in [0, 0.05) is 10.7 Å². The first-order chi connectivity index (χ1) is 15.0. The van der Waals surface area contributed by atoms with Crippen molar-refractivity contribution in [2.24, 2.45) is 0 Å². The van der Waals surface area contributed by atoms with E-state index in [0.29, 0.717) is 10.7 Å². The van der Waals surface area contributed by atoms with Crippen molar-refractivity contribution in [1.29, 1.82) is 0 Å². The molecule has 0 aliphatic rings. The van der Waals surface area contributed by atoms with Gasteiger partial charge in [-0.1, -0.05) is 45.4 Å². The van der Waals surface area contributed by atoms with Crippen LogP contribution in [0.5, 0.6) is 0 Å². The summed E-state index contributed by atoms with van der Waals surface area (Å²) < 4.78 is 52.0. The van der Waals surface area contributed by atoms with Crippen LogP contribution in [-0.2, 0) is 19.9 Å². The van der Waals surface area contributed by atoms with Gasteiger partial charge in [0.15, 0.2) is 9.84 Å². The summed E-state index contributed by atoms with van der Waals surface area (Å²) in [7, 11) is -8.11. The van der Waals surface area contributed by atoms with Crippen molar-refractivity contribution >= 4 is 43.2 Å². The summed E-state index contributed by atoms with van der Waals surface area (Å²) >= 11 is 6.24. The average Bonchev–Trinajstić information content (AvgIpc) is 2.67. The largest absolute Gasteiger partial charge is 0.333 e. The lowest BCUT2D eigenvalue weighted by atomic mass is 9.92. The molecule has 0 saturated carbocycles. The molecule has 0 atom stereocenters. The molecule has 0 bridgehead atoms. The molecule has 33 heavy (non-hydrogen) atoms. The van der Waals surface area contributed by atoms with Crippen molar-refractivity contribution in [1.82, 2.24) is 4.72 Å². The first-order valence-corrected chi connectivity index (χ1v) is 13.8. The highest BCUT2D eigenvalue weighted by Gasteiger charge is 2.32. The summed E-state index contributed by atoms with van der Waals surface area (Å²) in [5.41, 5.74) is 2.05. The Balaban J connectivity index is 2.41. The normalized spacial score (nSPS) is 12.8. The number of sulfone groups is 1. The molecule has 0 saturated heterocycles. The number of carbonyl (C=O) groups is 1. The highest BCUT2D eigenvalue weighted by Crippen LogP contribution is 2.35. The zero-order valence-electron chi connectivity index (χ0n) is 19.9. The maximum atomic E-state index is 12.9. The molecule has 2 aromatic rings. The van der Waals surface area contributed by atoms with E-state index in [9.17, 15) is 21.6 Å². The molecular formula is C23H31ClN2O5S2. The van der Waals surface area contributed by atoms with E-state index >= 15 is 0 Å². The fraction of sp³-hybridized carbons (Fsp3) is 0.435. The number of hydrogen-bond donors (Lipinski definition) is 2. The van der Waals surface area contributed by atoms with Crippen LogP contribution < -0.4 is 10.0 Å². The third-order valence-electron chi connectivity index (χ3n) is 5.11. The van der Waals surface area contributed by atoms with E-state index in [0.717, 1.165) is 17.2 Å². The van der Waals surface area contributed by atoms with Gasteiger partial charge in [-0.25, -0.2) is 26.4 Å². The van der Waals surface area contributed by atoms with Crippen molar-refractivity contribution < 1.29 is 21.6 Å². The lowest BCUT2D eigenvalue weighted by Gasteiger charge is -2.21. The van der Waals surface area contributed by atoms with Crippen LogP contribution in [0.4, 0.5) is 10.5 Å². The predicted molar refractivity (Wildman–Crippen MR) is 132 cm³/mol. The number of anilines is 1. The van der Waals surface area contributed by atoms with Crippen LogP contribution in [-0.4, -0.2) is 27.6 Å². The van der Waals surface area contributed by atoms with Crippen molar-refractivity contribution in [3.63, 3.8) is 0 Å². The molecule has 2 N–H and O–H groups in total. The van der Waals surface area contributed by atoms with Crippen molar-refractivity contribution in [2.45, 2.75) is 74.8 Å². The first-order valence-electron chi connectivity index (χ1n) is 10.5. The second-order valence-corrected chi connectivity index (χ2v) is 14.2. The summed E-state index contributed by atoms with van der Waals surface area (Å²) in [4.78, 5) is 12.3. The van der Waals surface area contributed by atoms with Gasteiger partial charge in [-0.05, 0) is 74.1 Å². The number of amides is 2. The molecule has 2 amide bonds. The van der Waals surface area contributed by atoms with Gasteiger partial charge >= 0.3 is 6.03 Å². The van der Waals surface area contributed by atoms with Gasteiger partial charge < -0.3 is 5.32 Å². The van der Waals surface area contributed by atoms with Crippen LogP contribution in [0.25, 0.3) is 0 Å². The topological polar surface area (TPSA) is 109 Å². The van der Waals surface area contributed by atoms with Crippen molar-refractivity contribution in [2.75, 3.05) is 5.32 Å². The minimum absolute atomic E-state index is 0.0207. The van der Waals surface area contributed by atoms with Crippen LogP contribution in [0.3, 0.4) is 0 Å². The molecule has 0 aliphatic heterocycles. The van der Waals surface area contributed by atoms with Gasteiger partial charge in [0.05, 0.1) is 14.5 Å². The predicted octanol–water partition coefficient (Wildman–Crippen LogP) is 5.67. The summed E-state index contributed by atoms with van der Waals surface area (Å²) in [5.74, 6) is 0.0415. The number of halogens is 1. The molecule has 182 valence electrons. The number of benzene rings is 2. The summed E-state index contributed by atoms with van der Waals surface area (Å²) in [5, 5.41) is 3.18. The number of rotatable bonds is 6. The fourth-order valence-electron chi connectivity index (χ4n) is 3.19. The van der Waals surface area contributed by atoms with E-state index in [1.54, 1.807) is 12.1 Å². The second-order valence-electron chi connectivity index (χ2n) is 9.42. The number of hydrogen-bond acceptors (Lipinski definition) is 5. The van der Waals surface area contributed by atoms with Gasteiger partial charge in [-0.2, -0.15) is 0 Å². The number of urea groups is 1. The zero-order chi connectivity index (χ0) is 25.4. The average molecular weight is 515 g/mol. The zero-order valence-corrected chi connectivity index (χ0v) is 22.2. The number of nitrogens with one attached hydrogen (secondary N) is 2. The van der Waals surface area contributed by atoms with E-state index in [-0.39, 0.29) is 21.6 Å². The number of carbonyl (C=O) groups excluding carboxylic acids is 1. The molecule has 0 heterocycles. The Morgan fingerprint density at radius 3 is 1.82 bits per heavy atom. The molecule has 2 rings (SSSR count). The van der Waals surface area contributed by atoms with Crippen LogP contribution in [0, 0.1) is 0 Å². The lowest BCUT2D eigenvalue weighted by molar-refractivity contribution is 0.256. The lowest BCUT2D eigenvalue weighted by Crippen LogP contribution is -2.35. The summed E-state index contributed by atoms with van der Waals surface area (Å²) in [6.45, 7) is 12.3. The molecule has 0 unspecified atom stereocenters. The van der Waals surface area contributed by atoms with Crippen LogP contribution in [0.15, 0.2) is 46.2 Å². The van der Waals surface area contributed by atoms with Gasteiger partial charge in [-0.15, -0.1) is 0 Å². The molecular weight excluding hydrogens is 484 g/mol. The van der Waals surface area contributed by atoms with E-state index in [1.807, 2.05) is 32.4 Å². The van der Waals surface area contributed by atoms with Gasteiger partial charge in [0.1, 0.15) is 0 Å². The van der Waals surface area contributed by atoms with Crippen LogP contribution in [0.1, 0.15) is 71.4 Å². The van der Waals surface area contributed by atoms with E-state index < -0.39 is 30.6 Å². The smallest absolute Gasteiger partial charge is 0.307 e. The Hall–Kier alpha value is -2.10. The second kappa shape index (κ2) is 9.64. The fourth-order valence-corrected chi connectivity index (χ4v) is 5.70. The Labute approximate surface area is 201 Å². The van der Waals surface area contributed by atoms with E-state index in [2.05, 4.69) is 5.32 Å². The Morgan fingerprint density at radius 2 is 1.36 bits per heavy atom. The van der Waals surface area contributed by atoms with E-state index in [4.69, 9.17) is 11.6 Å². The monoisotopic (exact) mass is 514 g/mol. The first kappa shape index (κ1) is 27.1. The third-order valence-corrected chi connectivity index (χ3v) is 9.14. The minimum atomic E-state index is -4.33. The molecule has 0 fully saturated rings. The standard InChI is InChI=1S/C23H31ClN2O5S2/c1-14(2)19-11-16(24)12-20(15(3)4)21(19)25-22(27)26-33(30,31)18-10-8-9-17(13-18)32(28,29)23(5,6)7/h8-15H,1-7H3,(H2,25,26,27). The van der Waals surface area contributed by atoms with Crippen LogP contribution >= 0.6 is 11.6 Å². The van der Waals surface area contributed by atoms with Crippen LogP contribution in [0.2, 0.25) is 5.02 Å². The Morgan fingerprint density at radius 1 is 0.879 bits per heavy atom. The van der Waals surface area contributed by atoms with Crippen molar-refractivity contribution in [3.05, 3.63) is 52.5 Å².